The van der Waals surface area contributed by atoms with Crippen LogP contribution in [0.4, 0.5) is 5.82 Å². The molecule has 0 atom stereocenters. The first-order chi connectivity index (χ1) is 7.99. The zero-order valence-electron chi connectivity index (χ0n) is 11.0. The van der Waals surface area contributed by atoms with E-state index in [1.807, 2.05) is 0 Å². The normalized spacial score (nSPS) is 11.6. The Labute approximate surface area is 103 Å². The smallest absolute Gasteiger partial charge is 0.127 e. The minimum Gasteiger partial charge on any atom is -0.383 e. The van der Waals surface area contributed by atoms with E-state index >= 15 is 0 Å². The molecule has 0 saturated heterocycles. The highest BCUT2D eigenvalue weighted by Crippen LogP contribution is 2.27. The molecule has 0 aliphatic carbocycles. The topological polar surface area (TPSA) is 38.9 Å². The Hall–Kier alpha value is -1.57. The summed E-state index contributed by atoms with van der Waals surface area (Å²) in [6.07, 6.45) is 0. The van der Waals surface area contributed by atoms with Crippen LogP contribution in [0.2, 0.25) is 0 Å². The average molecular weight is 228 g/mol. The number of benzene rings is 1. The fraction of sp³-hybridized carbons (Fsp3) is 0.400. The van der Waals surface area contributed by atoms with Gasteiger partial charge >= 0.3 is 0 Å². The van der Waals surface area contributed by atoms with Crippen LogP contribution >= 0.6 is 0 Å². The number of hydrogen-bond donors (Lipinski definition) is 1. The second-order valence-corrected chi connectivity index (χ2v) is 5.22. The van der Waals surface area contributed by atoms with Gasteiger partial charge < -0.3 is 5.73 Å². The Morgan fingerprint density at radius 3 is 2.29 bits per heavy atom. The second-order valence-electron chi connectivity index (χ2n) is 5.22. The molecule has 2 rings (SSSR count). The van der Waals surface area contributed by atoms with Crippen molar-refractivity contribution in [3.63, 3.8) is 0 Å². The van der Waals surface area contributed by atoms with Crippen molar-refractivity contribution in [2.45, 2.75) is 39.5 Å². The van der Waals surface area contributed by atoms with E-state index in [-0.39, 0.29) is 0 Å². The first kappa shape index (κ1) is 11.9. The fourth-order valence-electron chi connectivity index (χ4n) is 2.05. The van der Waals surface area contributed by atoms with Crippen LogP contribution in [0.1, 0.15) is 50.7 Å². The van der Waals surface area contributed by atoms with Crippen molar-refractivity contribution in [2.24, 2.45) is 0 Å². The van der Waals surface area contributed by atoms with Gasteiger partial charge in [0.15, 0.2) is 0 Å². The third-order valence-corrected chi connectivity index (χ3v) is 3.19. The Bertz CT molecular complexity index is 542. The minimum atomic E-state index is 0.412. The molecule has 0 fully saturated rings. The molecule has 0 unspecified atom stereocenters. The molecule has 1 aromatic carbocycles. The fourth-order valence-corrected chi connectivity index (χ4v) is 2.05. The van der Waals surface area contributed by atoms with E-state index in [0.29, 0.717) is 17.7 Å². The molecule has 2 heteroatoms. The van der Waals surface area contributed by atoms with Gasteiger partial charge in [-0.25, -0.2) is 4.98 Å². The summed E-state index contributed by atoms with van der Waals surface area (Å²) in [6, 6.07) is 8.59. The monoisotopic (exact) mass is 228 g/mol. The summed E-state index contributed by atoms with van der Waals surface area (Å²) in [6.45, 7) is 8.70. The Morgan fingerprint density at radius 2 is 1.71 bits per heavy atom. The number of hydrogen-bond acceptors (Lipinski definition) is 2. The summed E-state index contributed by atoms with van der Waals surface area (Å²) >= 11 is 0. The molecule has 0 radical (unpaired) electrons. The van der Waals surface area contributed by atoms with Crippen LogP contribution in [0, 0.1) is 0 Å². The van der Waals surface area contributed by atoms with Gasteiger partial charge in [0.1, 0.15) is 5.82 Å². The van der Waals surface area contributed by atoms with Crippen LogP contribution in [-0.2, 0) is 0 Å². The maximum absolute atomic E-state index is 5.97. The van der Waals surface area contributed by atoms with E-state index in [1.165, 1.54) is 10.9 Å². The van der Waals surface area contributed by atoms with E-state index < -0.39 is 0 Å². The largest absolute Gasteiger partial charge is 0.383 e. The van der Waals surface area contributed by atoms with Crippen molar-refractivity contribution in [1.82, 2.24) is 4.98 Å². The van der Waals surface area contributed by atoms with Crippen LogP contribution in [0.5, 0.6) is 0 Å². The van der Waals surface area contributed by atoms with Gasteiger partial charge in [0.05, 0.1) is 5.52 Å². The molecule has 2 aromatic rings. The van der Waals surface area contributed by atoms with E-state index in [2.05, 4.69) is 56.9 Å². The molecule has 0 saturated carbocycles. The number of nitrogen functional groups attached to an aromatic ring is 1. The first-order valence-corrected chi connectivity index (χ1v) is 6.19. The van der Waals surface area contributed by atoms with Gasteiger partial charge in [0.2, 0.25) is 0 Å². The van der Waals surface area contributed by atoms with Crippen LogP contribution < -0.4 is 5.73 Å². The second kappa shape index (κ2) is 4.36. The molecular weight excluding hydrogens is 208 g/mol. The summed E-state index contributed by atoms with van der Waals surface area (Å²) in [5, 5.41) is 1.19. The van der Waals surface area contributed by atoms with Crippen LogP contribution in [0.3, 0.4) is 0 Å². The van der Waals surface area contributed by atoms with Crippen molar-refractivity contribution in [3.8, 4) is 0 Å². The van der Waals surface area contributed by atoms with Crippen molar-refractivity contribution >= 4 is 16.7 Å². The first-order valence-electron chi connectivity index (χ1n) is 6.19. The molecule has 17 heavy (non-hydrogen) atoms. The molecule has 0 amide bonds. The van der Waals surface area contributed by atoms with Crippen molar-refractivity contribution < 1.29 is 0 Å². The van der Waals surface area contributed by atoms with Crippen LogP contribution in [0.25, 0.3) is 10.9 Å². The Balaban J connectivity index is 2.64. The maximum atomic E-state index is 5.97. The summed E-state index contributed by atoms with van der Waals surface area (Å²) in [4.78, 5) is 4.48. The third-order valence-electron chi connectivity index (χ3n) is 3.19. The number of rotatable bonds is 2. The van der Waals surface area contributed by atoms with Crippen molar-refractivity contribution in [2.75, 3.05) is 5.73 Å². The van der Waals surface area contributed by atoms with Gasteiger partial charge in [0.25, 0.3) is 0 Å². The highest BCUT2D eigenvalue weighted by Gasteiger charge is 2.08. The van der Waals surface area contributed by atoms with E-state index in [1.54, 1.807) is 0 Å². The molecule has 1 aromatic heterocycles. The summed E-state index contributed by atoms with van der Waals surface area (Å²) in [7, 11) is 0. The number of anilines is 1. The summed E-state index contributed by atoms with van der Waals surface area (Å²) < 4.78 is 0. The van der Waals surface area contributed by atoms with E-state index in [0.717, 1.165) is 11.1 Å². The van der Waals surface area contributed by atoms with Crippen molar-refractivity contribution in [1.29, 1.82) is 0 Å². The molecule has 0 aliphatic heterocycles. The highest BCUT2D eigenvalue weighted by molar-refractivity contribution is 5.82. The molecule has 0 aliphatic rings. The average Bonchev–Trinajstić information content (AvgIpc) is 2.27. The van der Waals surface area contributed by atoms with Gasteiger partial charge in [-0.1, -0.05) is 33.8 Å². The van der Waals surface area contributed by atoms with E-state index in [4.69, 9.17) is 5.73 Å². The third kappa shape index (κ3) is 2.26. The van der Waals surface area contributed by atoms with E-state index in [9.17, 15) is 0 Å². The van der Waals surface area contributed by atoms with Crippen LogP contribution in [-0.4, -0.2) is 4.98 Å². The molecular formula is C15H20N2. The SMILES string of the molecule is CC(C)c1ccc2nc(N)c(C(C)C)cc2c1. The molecule has 0 bridgehead atoms. The molecule has 1 heterocycles. The van der Waals surface area contributed by atoms with Crippen LogP contribution in [0.15, 0.2) is 24.3 Å². The van der Waals surface area contributed by atoms with Gasteiger partial charge in [-0.15, -0.1) is 0 Å². The molecule has 90 valence electrons. The Kier molecular flexibility index (Phi) is 3.05. The number of pyridine rings is 1. The number of aromatic nitrogens is 1. The maximum Gasteiger partial charge on any atom is 0.127 e. The standard InChI is InChI=1S/C15H20N2/c1-9(2)11-5-6-14-12(7-11)8-13(10(3)4)15(16)17-14/h5-10H,1-4H3,(H2,16,17). The summed E-state index contributed by atoms with van der Waals surface area (Å²) in [5.41, 5.74) is 9.44. The molecule has 0 spiro atoms. The number of fused-ring (bicyclic) bond motifs is 1. The lowest BCUT2D eigenvalue weighted by Crippen LogP contribution is -2.00. The van der Waals surface area contributed by atoms with Crippen molar-refractivity contribution in [3.05, 3.63) is 35.4 Å². The summed E-state index contributed by atoms with van der Waals surface area (Å²) in [5.74, 6) is 1.61. The predicted molar refractivity (Wildman–Crippen MR) is 74.3 cm³/mol. The van der Waals surface area contributed by atoms with Gasteiger partial charge in [-0.05, 0) is 41.2 Å². The molecule has 2 nitrogen and oxygen atoms in total. The number of nitrogens with zero attached hydrogens (tertiary/aromatic N) is 1. The van der Waals surface area contributed by atoms with Gasteiger partial charge in [0, 0.05) is 5.39 Å². The Morgan fingerprint density at radius 1 is 1.00 bits per heavy atom. The lowest BCUT2D eigenvalue weighted by atomic mass is 9.98. The predicted octanol–water partition coefficient (Wildman–Crippen LogP) is 4.06. The number of nitrogens with two attached hydrogens (primary N) is 1. The molecule has 2 N–H and O–H groups in total. The highest BCUT2D eigenvalue weighted by atomic mass is 14.8. The van der Waals surface area contributed by atoms with Gasteiger partial charge in [-0.3, -0.25) is 0 Å². The zero-order valence-corrected chi connectivity index (χ0v) is 11.0. The zero-order chi connectivity index (χ0) is 12.6. The minimum absolute atomic E-state index is 0.412. The quantitative estimate of drug-likeness (QED) is 0.841. The van der Waals surface area contributed by atoms with Gasteiger partial charge in [-0.2, -0.15) is 0 Å². The lowest BCUT2D eigenvalue weighted by molar-refractivity contribution is 0.862. The lowest BCUT2D eigenvalue weighted by Gasteiger charge is -2.12.